The number of nitrogens with one attached hydrogen (secondary N) is 1. The zero-order valence-electron chi connectivity index (χ0n) is 8.13. The minimum absolute atomic E-state index is 0.843. The molecule has 0 saturated carbocycles. The third-order valence-corrected chi connectivity index (χ3v) is 2.99. The first-order valence-corrected chi connectivity index (χ1v) is 5.36. The molecule has 3 heteroatoms. The van der Waals surface area contributed by atoms with Crippen LogP contribution in [0.5, 0.6) is 0 Å². The summed E-state index contributed by atoms with van der Waals surface area (Å²) in [5.74, 6) is 1.10. The molecule has 0 aliphatic heterocycles. The van der Waals surface area contributed by atoms with E-state index in [0.29, 0.717) is 0 Å². The van der Waals surface area contributed by atoms with Gasteiger partial charge in [-0.3, -0.25) is 0 Å². The van der Waals surface area contributed by atoms with Crippen LogP contribution < -0.4 is 11.1 Å². The molecule has 0 heterocycles. The molecule has 0 unspecified atom stereocenters. The Labute approximate surface area is 83.9 Å². The molecule has 0 fully saturated rings. The Kier molecular flexibility index (Phi) is 4.12. The van der Waals surface area contributed by atoms with E-state index in [-0.39, 0.29) is 0 Å². The summed E-state index contributed by atoms with van der Waals surface area (Å²) in [7, 11) is 1.97. The average Bonchev–Trinajstić information content (AvgIpc) is 2.09. The van der Waals surface area contributed by atoms with Gasteiger partial charge in [0.15, 0.2) is 0 Å². The first kappa shape index (κ1) is 10.4. The van der Waals surface area contributed by atoms with Crippen molar-refractivity contribution in [3.05, 3.63) is 23.8 Å². The lowest BCUT2D eigenvalue weighted by molar-refractivity contribution is 0.871. The van der Waals surface area contributed by atoms with Crippen LogP contribution in [0.25, 0.3) is 0 Å². The maximum absolute atomic E-state index is 5.66. The number of rotatable bonds is 4. The third kappa shape index (κ3) is 3.28. The maximum Gasteiger partial charge on any atom is 0.0317 e. The molecule has 3 N–H and O–H groups in total. The Hall–Kier alpha value is -0.670. The van der Waals surface area contributed by atoms with Crippen molar-refractivity contribution in [2.45, 2.75) is 11.8 Å². The molecular weight excluding hydrogens is 180 g/mol. The molecule has 1 rings (SSSR count). The van der Waals surface area contributed by atoms with Crippen molar-refractivity contribution in [3.8, 4) is 0 Å². The molecule has 0 saturated heterocycles. The van der Waals surface area contributed by atoms with Gasteiger partial charge in [-0.25, -0.2) is 0 Å². The molecule has 0 spiro atoms. The molecule has 0 aromatic heterocycles. The fraction of sp³-hybridized carbons (Fsp3) is 0.400. The van der Waals surface area contributed by atoms with Gasteiger partial charge < -0.3 is 11.1 Å². The highest BCUT2D eigenvalue weighted by Crippen LogP contribution is 2.23. The Bertz CT molecular complexity index is 274. The van der Waals surface area contributed by atoms with Crippen LogP contribution in [0.4, 0.5) is 5.69 Å². The lowest BCUT2D eigenvalue weighted by Crippen LogP contribution is -2.09. The van der Waals surface area contributed by atoms with Crippen LogP contribution >= 0.6 is 11.8 Å². The number of anilines is 1. The van der Waals surface area contributed by atoms with Crippen LogP contribution in [-0.2, 0) is 0 Å². The van der Waals surface area contributed by atoms with Crippen molar-refractivity contribution < 1.29 is 0 Å². The highest BCUT2D eigenvalue weighted by atomic mass is 32.2. The Morgan fingerprint density at radius 2 is 2.23 bits per heavy atom. The monoisotopic (exact) mass is 196 g/mol. The number of benzene rings is 1. The third-order valence-electron chi connectivity index (χ3n) is 1.81. The first-order chi connectivity index (χ1) is 6.24. The van der Waals surface area contributed by atoms with E-state index in [9.17, 15) is 0 Å². The number of thioether (sulfide) groups is 1. The smallest absolute Gasteiger partial charge is 0.0317 e. The molecule has 1 aromatic carbocycles. The number of hydrogen-bond donors (Lipinski definition) is 2. The van der Waals surface area contributed by atoms with Crippen molar-refractivity contribution in [1.29, 1.82) is 0 Å². The van der Waals surface area contributed by atoms with Crippen molar-refractivity contribution in [3.63, 3.8) is 0 Å². The summed E-state index contributed by atoms with van der Waals surface area (Å²) in [5.41, 5.74) is 7.77. The summed E-state index contributed by atoms with van der Waals surface area (Å²) < 4.78 is 0. The second kappa shape index (κ2) is 5.14. The number of aryl methyl sites for hydroxylation is 1. The van der Waals surface area contributed by atoms with E-state index >= 15 is 0 Å². The Balaban J connectivity index is 2.56. The summed E-state index contributed by atoms with van der Waals surface area (Å²) >= 11 is 1.86. The highest BCUT2D eigenvalue weighted by molar-refractivity contribution is 7.99. The van der Waals surface area contributed by atoms with Crippen LogP contribution in [0.15, 0.2) is 23.1 Å². The van der Waals surface area contributed by atoms with Crippen LogP contribution in [0.3, 0.4) is 0 Å². The molecule has 2 nitrogen and oxygen atoms in total. The van der Waals surface area contributed by atoms with E-state index in [4.69, 9.17) is 5.73 Å². The minimum Gasteiger partial charge on any atom is -0.399 e. The summed E-state index contributed by atoms with van der Waals surface area (Å²) in [6, 6.07) is 6.06. The fourth-order valence-corrected chi connectivity index (χ4v) is 2.07. The molecule has 0 aliphatic rings. The normalized spacial score (nSPS) is 10.3. The molecule has 72 valence electrons. The average molecular weight is 196 g/mol. The van der Waals surface area contributed by atoms with Gasteiger partial charge in [-0.15, -0.1) is 11.8 Å². The predicted molar refractivity (Wildman–Crippen MR) is 60.2 cm³/mol. The van der Waals surface area contributed by atoms with E-state index in [2.05, 4.69) is 18.3 Å². The minimum atomic E-state index is 0.843. The van der Waals surface area contributed by atoms with Crippen LogP contribution in [0, 0.1) is 6.92 Å². The number of nitrogen functional groups attached to an aromatic ring is 1. The van der Waals surface area contributed by atoms with Crippen molar-refractivity contribution in [2.75, 3.05) is 25.1 Å². The SMILES string of the molecule is CNCCSc1ccc(N)cc1C. The maximum atomic E-state index is 5.66. The van der Waals surface area contributed by atoms with Gasteiger partial charge in [0.25, 0.3) is 0 Å². The molecule has 0 radical (unpaired) electrons. The van der Waals surface area contributed by atoms with Crippen LogP contribution in [0.1, 0.15) is 5.56 Å². The van der Waals surface area contributed by atoms with Gasteiger partial charge in [0.05, 0.1) is 0 Å². The van der Waals surface area contributed by atoms with Gasteiger partial charge in [-0.05, 0) is 37.7 Å². The first-order valence-electron chi connectivity index (χ1n) is 4.37. The molecule has 13 heavy (non-hydrogen) atoms. The predicted octanol–water partition coefficient (Wildman–Crippen LogP) is 1.89. The van der Waals surface area contributed by atoms with E-state index in [1.807, 2.05) is 30.9 Å². The second-order valence-corrected chi connectivity index (χ2v) is 4.11. The topological polar surface area (TPSA) is 38.0 Å². The number of hydrogen-bond acceptors (Lipinski definition) is 3. The lowest BCUT2D eigenvalue weighted by Gasteiger charge is -2.05. The Morgan fingerprint density at radius 1 is 1.46 bits per heavy atom. The van der Waals surface area contributed by atoms with Gasteiger partial charge in [0, 0.05) is 22.9 Å². The Morgan fingerprint density at radius 3 is 2.85 bits per heavy atom. The zero-order chi connectivity index (χ0) is 9.68. The molecule has 0 amide bonds. The molecule has 0 atom stereocenters. The number of nitrogens with two attached hydrogens (primary N) is 1. The second-order valence-electron chi connectivity index (χ2n) is 2.98. The molecule has 1 aromatic rings. The van der Waals surface area contributed by atoms with E-state index in [1.165, 1.54) is 10.5 Å². The largest absolute Gasteiger partial charge is 0.399 e. The van der Waals surface area contributed by atoms with E-state index in [1.54, 1.807) is 0 Å². The van der Waals surface area contributed by atoms with E-state index < -0.39 is 0 Å². The molecular formula is C10H16N2S. The summed E-state index contributed by atoms with van der Waals surface area (Å²) in [4.78, 5) is 1.32. The van der Waals surface area contributed by atoms with Crippen LogP contribution in [-0.4, -0.2) is 19.3 Å². The quantitative estimate of drug-likeness (QED) is 0.439. The van der Waals surface area contributed by atoms with Gasteiger partial charge in [-0.1, -0.05) is 0 Å². The van der Waals surface area contributed by atoms with E-state index in [0.717, 1.165) is 18.0 Å². The standard InChI is InChI=1S/C10H16N2S/c1-8-7-9(11)3-4-10(8)13-6-5-12-2/h3-4,7,12H,5-6,11H2,1-2H3. The summed E-state index contributed by atoms with van der Waals surface area (Å²) in [6.07, 6.45) is 0. The van der Waals surface area contributed by atoms with Crippen LogP contribution in [0.2, 0.25) is 0 Å². The molecule has 0 bridgehead atoms. The van der Waals surface area contributed by atoms with Gasteiger partial charge in [0.1, 0.15) is 0 Å². The van der Waals surface area contributed by atoms with Gasteiger partial charge in [0.2, 0.25) is 0 Å². The van der Waals surface area contributed by atoms with Crippen molar-refractivity contribution >= 4 is 17.4 Å². The van der Waals surface area contributed by atoms with Crippen molar-refractivity contribution in [1.82, 2.24) is 5.32 Å². The van der Waals surface area contributed by atoms with Crippen molar-refractivity contribution in [2.24, 2.45) is 0 Å². The van der Waals surface area contributed by atoms with Gasteiger partial charge in [-0.2, -0.15) is 0 Å². The summed E-state index contributed by atoms with van der Waals surface area (Å²) in [6.45, 7) is 3.13. The summed E-state index contributed by atoms with van der Waals surface area (Å²) in [5, 5.41) is 3.12. The van der Waals surface area contributed by atoms with Gasteiger partial charge >= 0.3 is 0 Å². The zero-order valence-corrected chi connectivity index (χ0v) is 8.95. The molecule has 0 aliphatic carbocycles. The fourth-order valence-electron chi connectivity index (χ4n) is 1.10. The lowest BCUT2D eigenvalue weighted by atomic mass is 10.2. The highest BCUT2D eigenvalue weighted by Gasteiger charge is 1.98.